The minimum atomic E-state index is -0.276. The van der Waals surface area contributed by atoms with Crippen LogP contribution in [0.1, 0.15) is 29.1 Å². The second-order valence-corrected chi connectivity index (χ2v) is 6.15. The van der Waals surface area contributed by atoms with E-state index in [0.29, 0.717) is 17.3 Å². The first-order valence-corrected chi connectivity index (χ1v) is 7.80. The minimum Gasteiger partial charge on any atom is -0.337 e. The predicted octanol–water partition coefficient (Wildman–Crippen LogP) is 3.73. The van der Waals surface area contributed by atoms with Crippen molar-refractivity contribution in [1.29, 1.82) is 0 Å². The minimum absolute atomic E-state index is 0.174. The second kappa shape index (κ2) is 6.87. The van der Waals surface area contributed by atoms with E-state index in [1.165, 1.54) is 0 Å². The molecule has 2 aromatic rings. The molecule has 0 bridgehead atoms. The van der Waals surface area contributed by atoms with Crippen LogP contribution in [0.15, 0.2) is 17.8 Å². The quantitative estimate of drug-likeness (QED) is 0.900. The highest BCUT2D eigenvalue weighted by atomic mass is 35.5. The number of nitrogens with zero attached hydrogens (tertiary/aromatic N) is 2. The summed E-state index contributed by atoms with van der Waals surface area (Å²) < 4.78 is 0. The summed E-state index contributed by atoms with van der Waals surface area (Å²) in [6, 6.07) is -0.276. The summed E-state index contributed by atoms with van der Waals surface area (Å²) in [6.07, 6.45) is 3.13. The van der Waals surface area contributed by atoms with Gasteiger partial charge in [-0.25, -0.2) is 9.78 Å². The van der Waals surface area contributed by atoms with E-state index in [2.05, 4.69) is 20.6 Å². The lowest BCUT2D eigenvalue weighted by atomic mass is 10.2. The Hall–Kier alpha value is -1.66. The molecular weight excluding hydrogens is 308 g/mol. The number of thiazole rings is 1. The van der Waals surface area contributed by atoms with Gasteiger partial charge in [-0.2, -0.15) is 0 Å². The van der Waals surface area contributed by atoms with Gasteiger partial charge >= 0.3 is 6.03 Å². The molecule has 2 amide bonds. The highest BCUT2D eigenvalue weighted by molar-refractivity contribution is 7.09. The summed E-state index contributed by atoms with van der Waals surface area (Å²) >= 11 is 7.57. The van der Waals surface area contributed by atoms with Gasteiger partial charge < -0.3 is 10.6 Å². The van der Waals surface area contributed by atoms with Gasteiger partial charge in [-0.05, 0) is 19.4 Å². The van der Waals surface area contributed by atoms with Crippen LogP contribution in [0.25, 0.3) is 0 Å². The molecule has 2 N–H and O–H groups in total. The maximum absolute atomic E-state index is 11.9. The molecule has 2 rings (SSSR count). The van der Waals surface area contributed by atoms with E-state index < -0.39 is 0 Å². The molecule has 0 aliphatic rings. The van der Waals surface area contributed by atoms with Crippen LogP contribution in [0, 0.1) is 13.8 Å². The topological polar surface area (TPSA) is 66.9 Å². The summed E-state index contributed by atoms with van der Waals surface area (Å²) in [5, 5.41) is 9.14. The summed E-state index contributed by atoms with van der Waals surface area (Å²) in [4.78, 5) is 20.3. The fourth-order valence-electron chi connectivity index (χ4n) is 1.72. The van der Waals surface area contributed by atoms with Crippen LogP contribution in [0.3, 0.4) is 0 Å². The van der Waals surface area contributed by atoms with E-state index in [1.807, 2.05) is 26.2 Å². The SMILES string of the molecule is Cc1csc(C(C)CNC(=O)Nc2cncc(Cl)c2C)n1. The number of pyridine rings is 1. The van der Waals surface area contributed by atoms with Gasteiger partial charge in [-0.15, -0.1) is 11.3 Å². The second-order valence-electron chi connectivity index (χ2n) is 4.86. The molecular formula is C14H17ClN4OS. The molecule has 2 heterocycles. The number of halogens is 1. The van der Waals surface area contributed by atoms with Crippen LogP contribution in [0.2, 0.25) is 5.02 Å². The molecule has 0 aliphatic heterocycles. The Morgan fingerprint density at radius 1 is 1.43 bits per heavy atom. The van der Waals surface area contributed by atoms with E-state index >= 15 is 0 Å². The number of amides is 2. The number of urea groups is 1. The first-order chi connectivity index (χ1) is 9.97. The molecule has 0 saturated carbocycles. The van der Waals surface area contributed by atoms with Gasteiger partial charge in [-0.3, -0.25) is 4.98 Å². The standard InChI is InChI=1S/C14H17ClN4OS/c1-8(13-18-9(2)7-21-13)4-17-14(20)19-12-6-16-5-11(15)10(12)3/h5-8H,4H2,1-3H3,(H2,17,19,20). The average molecular weight is 325 g/mol. The lowest BCUT2D eigenvalue weighted by molar-refractivity contribution is 0.251. The van der Waals surface area contributed by atoms with Gasteiger partial charge in [0.15, 0.2) is 0 Å². The molecule has 7 heteroatoms. The zero-order valence-electron chi connectivity index (χ0n) is 12.1. The zero-order chi connectivity index (χ0) is 15.4. The molecule has 1 atom stereocenters. The highest BCUT2D eigenvalue weighted by Gasteiger charge is 2.12. The third-order valence-corrected chi connectivity index (χ3v) is 4.60. The number of rotatable bonds is 4. The Balaban J connectivity index is 1.89. The summed E-state index contributed by atoms with van der Waals surface area (Å²) in [6.45, 7) is 6.35. The van der Waals surface area contributed by atoms with E-state index in [0.717, 1.165) is 16.3 Å². The van der Waals surface area contributed by atoms with Crippen molar-refractivity contribution in [1.82, 2.24) is 15.3 Å². The van der Waals surface area contributed by atoms with Gasteiger partial charge in [-0.1, -0.05) is 18.5 Å². The molecule has 0 fully saturated rings. The maximum atomic E-state index is 11.9. The van der Waals surface area contributed by atoms with Crippen molar-refractivity contribution >= 4 is 34.7 Å². The van der Waals surface area contributed by atoms with Crippen LogP contribution in [-0.4, -0.2) is 22.5 Å². The number of hydrogen-bond acceptors (Lipinski definition) is 4. The lowest BCUT2D eigenvalue weighted by Gasteiger charge is -2.12. The molecule has 112 valence electrons. The van der Waals surface area contributed by atoms with Crippen molar-refractivity contribution in [3.05, 3.63) is 39.1 Å². The number of nitrogens with one attached hydrogen (secondary N) is 2. The third-order valence-electron chi connectivity index (χ3n) is 3.03. The molecule has 2 aromatic heterocycles. The van der Waals surface area contributed by atoms with E-state index in [1.54, 1.807) is 23.7 Å². The van der Waals surface area contributed by atoms with Gasteiger partial charge in [0.1, 0.15) is 0 Å². The van der Waals surface area contributed by atoms with Crippen molar-refractivity contribution in [2.24, 2.45) is 0 Å². The molecule has 0 spiro atoms. The largest absolute Gasteiger partial charge is 0.337 e. The van der Waals surface area contributed by atoms with Gasteiger partial charge in [0, 0.05) is 29.7 Å². The molecule has 21 heavy (non-hydrogen) atoms. The van der Waals surface area contributed by atoms with Crippen LogP contribution in [-0.2, 0) is 0 Å². The summed E-state index contributed by atoms with van der Waals surface area (Å²) in [5.74, 6) is 0.174. The van der Waals surface area contributed by atoms with Crippen molar-refractivity contribution in [2.45, 2.75) is 26.7 Å². The maximum Gasteiger partial charge on any atom is 0.319 e. The Kier molecular flexibility index (Phi) is 5.14. The van der Waals surface area contributed by atoms with Crippen molar-refractivity contribution in [3.63, 3.8) is 0 Å². The highest BCUT2D eigenvalue weighted by Crippen LogP contribution is 2.21. The van der Waals surface area contributed by atoms with Crippen LogP contribution >= 0.6 is 22.9 Å². The number of hydrogen-bond donors (Lipinski definition) is 2. The van der Waals surface area contributed by atoms with Crippen LogP contribution in [0.5, 0.6) is 0 Å². The van der Waals surface area contributed by atoms with Crippen LogP contribution in [0.4, 0.5) is 10.5 Å². The summed E-state index contributed by atoms with van der Waals surface area (Å²) in [5.41, 5.74) is 2.41. The Morgan fingerprint density at radius 2 is 2.19 bits per heavy atom. The van der Waals surface area contributed by atoms with Gasteiger partial charge in [0.2, 0.25) is 0 Å². The molecule has 0 radical (unpaired) electrons. The van der Waals surface area contributed by atoms with E-state index in [4.69, 9.17) is 11.6 Å². The smallest absolute Gasteiger partial charge is 0.319 e. The Bertz CT molecular complexity index is 644. The Morgan fingerprint density at radius 3 is 2.86 bits per heavy atom. The van der Waals surface area contributed by atoms with E-state index in [9.17, 15) is 4.79 Å². The molecule has 0 aliphatic carbocycles. The van der Waals surface area contributed by atoms with E-state index in [-0.39, 0.29) is 11.9 Å². The Labute approximate surface area is 132 Å². The van der Waals surface area contributed by atoms with Crippen LogP contribution < -0.4 is 10.6 Å². The molecule has 5 nitrogen and oxygen atoms in total. The fraction of sp³-hybridized carbons (Fsp3) is 0.357. The number of aromatic nitrogens is 2. The molecule has 0 aromatic carbocycles. The molecule has 1 unspecified atom stereocenters. The first kappa shape index (κ1) is 15.7. The van der Waals surface area contributed by atoms with Gasteiger partial charge in [0.25, 0.3) is 0 Å². The van der Waals surface area contributed by atoms with Crippen molar-refractivity contribution in [3.8, 4) is 0 Å². The zero-order valence-corrected chi connectivity index (χ0v) is 13.7. The third kappa shape index (κ3) is 4.15. The normalized spacial score (nSPS) is 12.0. The number of aryl methyl sites for hydroxylation is 1. The fourth-order valence-corrected chi connectivity index (χ4v) is 2.74. The van der Waals surface area contributed by atoms with Crippen molar-refractivity contribution < 1.29 is 4.79 Å². The van der Waals surface area contributed by atoms with Gasteiger partial charge in [0.05, 0.1) is 21.9 Å². The molecule has 0 saturated heterocycles. The monoisotopic (exact) mass is 324 g/mol. The average Bonchev–Trinajstić information content (AvgIpc) is 2.88. The summed E-state index contributed by atoms with van der Waals surface area (Å²) in [7, 11) is 0. The predicted molar refractivity (Wildman–Crippen MR) is 86.3 cm³/mol. The first-order valence-electron chi connectivity index (χ1n) is 6.54. The van der Waals surface area contributed by atoms with Crippen molar-refractivity contribution in [2.75, 3.05) is 11.9 Å². The number of carbonyl (C=O) groups excluding carboxylic acids is 1. The number of carbonyl (C=O) groups is 1. The lowest BCUT2D eigenvalue weighted by Crippen LogP contribution is -2.32. The number of anilines is 1.